The van der Waals surface area contributed by atoms with Crippen LogP contribution in [0.1, 0.15) is 10.4 Å². The first-order valence-electron chi connectivity index (χ1n) is 6.93. The second-order valence-corrected chi connectivity index (χ2v) is 6.78. The van der Waals surface area contributed by atoms with Crippen LogP contribution in [-0.4, -0.2) is 13.0 Å². The lowest BCUT2D eigenvalue weighted by Gasteiger charge is -2.16. The topological polar surface area (TPSA) is 20.3 Å². The molecule has 0 aliphatic heterocycles. The van der Waals surface area contributed by atoms with Gasteiger partial charge in [0.05, 0.1) is 16.3 Å². The molecule has 0 radical (unpaired) electrons. The lowest BCUT2D eigenvalue weighted by atomic mass is 10.1. The molecule has 5 heteroatoms. The first kappa shape index (κ1) is 16.1. The highest BCUT2D eigenvalue weighted by Crippen LogP contribution is 2.32. The van der Waals surface area contributed by atoms with Gasteiger partial charge in [-0.25, -0.2) is 0 Å². The van der Waals surface area contributed by atoms with Crippen LogP contribution in [0.5, 0.6) is 0 Å². The predicted octanol–water partition coefficient (Wildman–Crippen LogP) is 6.00. The number of halogens is 2. The predicted molar refractivity (Wildman–Crippen MR) is 99.0 cm³/mol. The van der Waals surface area contributed by atoms with Crippen LogP contribution >= 0.6 is 34.5 Å². The number of amides is 1. The van der Waals surface area contributed by atoms with Crippen molar-refractivity contribution in [1.82, 2.24) is 0 Å². The average Bonchev–Trinajstić information content (AvgIpc) is 3.04. The summed E-state index contributed by atoms with van der Waals surface area (Å²) in [6.45, 7) is 0. The summed E-state index contributed by atoms with van der Waals surface area (Å²) in [6.07, 6.45) is 0. The number of anilines is 1. The Kier molecular flexibility index (Phi) is 4.71. The van der Waals surface area contributed by atoms with Gasteiger partial charge in [-0.15, -0.1) is 11.3 Å². The first-order valence-corrected chi connectivity index (χ1v) is 8.57. The summed E-state index contributed by atoms with van der Waals surface area (Å²) in [5.74, 6) is -0.163. The average molecular weight is 362 g/mol. The van der Waals surface area contributed by atoms with Crippen LogP contribution in [-0.2, 0) is 0 Å². The largest absolute Gasteiger partial charge is 0.311 e. The normalized spacial score (nSPS) is 10.6. The molecule has 1 amide bonds. The van der Waals surface area contributed by atoms with Crippen LogP contribution < -0.4 is 4.90 Å². The van der Waals surface area contributed by atoms with Gasteiger partial charge in [0, 0.05) is 22.3 Å². The molecule has 1 heterocycles. The van der Waals surface area contributed by atoms with Crippen LogP contribution in [0.4, 0.5) is 5.69 Å². The zero-order valence-electron chi connectivity index (χ0n) is 12.3. The van der Waals surface area contributed by atoms with E-state index in [0.717, 1.165) is 16.1 Å². The van der Waals surface area contributed by atoms with E-state index < -0.39 is 0 Å². The third kappa shape index (κ3) is 3.42. The molecule has 0 N–H and O–H groups in total. The number of rotatable bonds is 3. The molecule has 0 aliphatic rings. The monoisotopic (exact) mass is 361 g/mol. The minimum absolute atomic E-state index is 0.163. The SMILES string of the molecule is CN(C(=O)c1ccc(Cl)cc1Cl)c1csc(-c2ccccc2)c1. The standard InChI is InChI=1S/C18H13Cl2NOS/c1-21(18(22)15-8-7-13(19)9-16(15)20)14-10-17(23-11-14)12-5-3-2-4-6-12/h2-11H,1H3. The Balaban J connectivity index is 1.87. The van der Waals surface area contributed by atoms with E-state index in [-0.39, 0.29) is 5.91 Å². The van der Waals surface area contributed by atoms with Crippen LogP contribution in [0.25, 0.3) is 10.4 Å². The summed E-state index contributed by atoms with van der Waals surface area (Å²) in [6, 6.07) is 17.0. The third-order valence-corrected chi connectivity index (χ3v) is 5.01. The summed E-state index contributed by atoms with van der Waals surface area (Å²) in [5, 5.41) is 2.83. The van der Waals surface area contributed by atoms with Crippen molar-refractivity contribution in [2.45, 2.75) is 0 Å². The van der Waals surface area contributed by atoms with Gasteiger partial charge in [-0.05, 0) is 29.8 Å². The maximum absolute atomic E-state index is 12.6. The van der Waals surface area contributed by atoms with E-state index in [1.54, 1.807) is 41.5 Å². The molecule has 0 saturated carbocycles. The van der Waals surface area contributed by atoms with Crippen molar-refractivity contribution < 1.29 is 4.79 Å². The fraction of sp³-hybridized carbons (Fsp3) is 0.0556. The summed E-state index contributed by atoms with van der Waals surface area (Å²) in [5.41, 5.74) is 2.41. The first-order chi connectivity index (χ1) is 11.1. The summed E-state index contributed by atoms with van der Waals surface area (Å²) >= 11 is 13.6. The number of hydrogen-bond donors (Lipinski definition) is 0. The Bertz CT molecular complexity index is 845. The molecule has 116 valence electrons. The highest BCUT2D eigenvalue weighted by atomic mass is 35.5. The van der Waals surface area contributed by atoms with Crippen molar-refractivity contribution in [2.24, 2.45) is 0 Å². The molecule has 23 heavy (non-hydrogen) atoms. The van der Waals surface area contributed by atoms with Gasteiger partial charge in [0.15, 0.2) is 0 Å². The van der Waals surface area contributed by atoms with Gasteiger partial charge in [-0.3, -0.25) is 4.79 Å². The Morgan fingerprint density at radius 1 is 1.04 bits per heavy atom. The smallest absolute Gasteiger partial charge is 0.259 e. The Morgan fingerprint density at radius 3 is 2.48 bits per heavy atom. The molecule has 3 rings (SSSR count). The van der Waals surface area contributed by atoms with Crippen molar-refractivity contribution in [2.75, 3.05) is 11.9 Å². The number of nitrogens with zero attached hydrogens (tertiary/aromatic N) is 1. The highest BCUT2D eigenvalue weighted by molar-refractivity contribution is 7.14. The molecule has 1 aromatic heterocycles. The summed E-state index contributed by atoms with van der Waals surface area (Å²) in [4.78, 5) is 15.3. The Hall–Kier alpha value is -1.81. The van der Waals surface area contributed by atoms with Gasteiger partial charge in [0.2, 0.25) is 0 Å². The summed E-state index contributed by atoms with van der Waals surface area (Å²) in [7, 11) is 1.74. The van der Waals surface area contributed by atoms with Gasteiger partial charge in [0.25, 0.3) is 5.91 Å². The number of thiophene rings is 1. The van der Waals surface area contributed by atoms with Crippen molar-refractivity contribution in [3.05, 3.63) is 75.6 Å². The van der Waals surface area contributed by atoms with Crippen LogP contribution in [0.3, 0.4) is 0 Å². The second kappa shape index (κ2) is 6.75. The molecule has 0 atom stereocenters. The van der Waals surface area contributed by atoms with Crippen LogP contribution in [0.15, 0.2) is 60.0 Å². The van der Waals surface area contributed by atoms with Crippen molar-refractivity contribution in [3.63, 3.8) is 0 Å². The van der Waals surface area contributed by atoms with Gasteiger partial charge >= 0.3 is 0 Å². The lowest BCUT2D eigenvalue weighted by Crippen LogP contribution is -2.26. The van der Waals surface area contributed by atoms with Gasteiger partial charge in [0.1, 0.15) is 0 Å². The van der Waals surface area contributed by atoms with Crippen LogP contribution in [0.2, 0.25) is 10.0 Å². The quantitative estimate of drug-likeness (QED) is 0.560. The number of benzene rings is 2. The minimum Gasteiger partial charge on any atom is -0.311 e. The Morgan fingerprint density at radius 2 is 1.78 bits per heavy atom. The van der Waals surface area contributed by atoms with Gasteiger partial charge in [-0.1, -0.05) is 53.5 Å². The van der Waals surface area contributed by atoms with E-state index in [1.165, 1.54) is 0 Å². The highest BCUT2D eigenvalue weighted by Gasteiger charge is 2.18. The van der Waals surface area contributed by atoms with Crippen molar-refractivity contribution in [3.8, 4) is 10.4 Å². The zero-order chi connectivity index (χ0) is 16.4. The fourth-order valence-corrected chi connectivity index (χ4v) is 3.64. The second-order valence-electron chi connectivity index (χ2n) is 5.02. The van der Waals surface area contributed by atoms with E-state index in [9.17, 15) is 4.79 Å². The molecule has 0 saturated heterocycles. The number of carbonyl (C=O) groups excluding carboxylic acids is 1. The molecule has 0 aliphatic carbocycles. The molecular weight excluding hydrogens is 349 g/mol. The van der Waals surface area contributed by atoms with Gasteiger partial charge < -0.3 is 4.90 Å². The molecule has 2 aromatic carbocycles. The van der Waals surface area contributed by atoms with E-state index in [0.29, 0.717) is 15.6 Å². The fourth-order valence-electron chi connectivity index (χ4n) is 2.22. The molecule has 0 fully saturated rings. The van der Waals surface area contributed by atoms with E-state index >= 15 is 0 Å². The van der Waals surface area contributed by atoms with E-state index in [2.05, 4.69) is 0 Å². The molecule has 3 aromatic rings. The van der Waals surface area contributed by atoms with E-state index in [4.69, 9.17) is 23.2 Å². The zero-order valence-corrected chi connectivity index (χ0v) is 14.6. The van der Waals surface area contributed by atoms with Crippen molar-refractivity contribution >= 4 is 46.1 Å². The molecule has 2 nitrogen and oxygen atoms in total. The number of hydrogen-bond acceptors (Lipinski definition) is 2. The number of carbonyl (C=O) groups is 1. The Labute approximate surface area is 148 Å². The maximum atomic E-state index is 12.6. The minimum atomic E-state index is -0.163. The maximum Gasteiger partial charge on any atom is 0.259 e. The van der Waals surface area contributed by atoms with Gasteiger partial charge in [-0.2, -0.15) is 0 Å². The molecular formula is C18H13Cl2NOS. The molecule has 0 unspecified atom stereocenters. The third-order valence-electron chi connectivity index (χ3n) is 3.50. The molecule has 0 bridgehead atoms. The van der Waals surface area contributed by atoms with Crippen molar-refractivity contribution in [1.29, 1.82) is 0 Å². The molecule has 0 spiro atoms. The lowest BCUT2D eigenvalue weighted by molar-refractivity contribution is 0.0993. The van der Waals surface area contributed by atoms with E-state index in [1.807, 2.05) is 41.8 Å². The van der Waals surface area contributed by atoms with Crippen LogP contribution in [0, 0.1) is 0 Å². The summed E-state index contributed by atoms with van der Waals surface area (Å²) < 4.78 is 0.